The smallest absolute Gasteiger partial charge is 0.417 e. The van der Waals surface area contributed by atoms with E-state index in [1.165, 1.54) is 31.4 Å². The third kappa shape index (κ3) is 4.98. The van der Waals surface area contributed by atoms with Crippen LogP contribution in [-0.2, 0) is 16.2 Å². The molecule has 158 valence electrons. The zero-order valence-corrected chi connectivity index (χ0v) is 17.0. The van der Waals surface area contributed by atoms with Crippen LogP contribution >= 0.6 is 11.6 Å². The first kappa shape index (κ1) is 21.8. The summed E-state index contributed by atoms with van der Waals surface area (Å²) in [6, 6.07) is 15.2. The summed E-state index contributed by atoms with van der Waals surface area (Å²) in [5, 5.41) is -0.584. The van der Waals surface area contributed by atoms with Crippen LogP contribution in [0.4, 0.5) is 18.9 Å². The van der Waals surface area contributed by atoms with Crippen molar-refractivity contribution in [3.8, 4) is 17.2 Å². The molecule has 0 saturated carbocycles. The average Bonchev–Trinajstić information content (AvgIpc) is 2.69. The molecule has 30 heavy (non-hydrogen) atoms. The molecule has 1 N–H and O–H groups in total. The van der Waals surface area contributed by atoms with Crippen molar-refractivity contribution in [2.75, 3.05) is 11.8 Å². The molecule has 0 saturated heterocycles. The van der Waals surface area contributed by atoms with Gasteiger partial charge in [0.05, 0.1) is 22.6 Å². The molecule has 0 spiro atoms. The van der Waals surface area contributed by atoms with Gasteiger partial charge in [-0.1, -0.05) is 23.7 Å². The Kier molecular flexibility index (Phi) is 6.14. The first-order chi connectivity index (χ1) is 14.1. The molecule has 10 heteroatoms. The first-order valence-electron chi connectivity index (χ1n) is 8.40. The summed E-state index contributed by atoms with van der Waals surface area (Å²) in [4.78, 5) is -0.562. The van der Waals surface area contributed by atoms with Crippen molar-refractivity contribution in [3.05, 3.63) is 77.3 Å². The molecule has 3 rings (SSSR count). The highest BCUT2D eigenvalue weighted by Crippen LogP contribution is 2.36. The van der Waals surface area contributed by atoms with E-state index >= 15 is 0 Å². The van der Waals surface area contributed by atoms with Crippen molar-refractivity contribution in [1.82, 2.24) is 0 Å². The van der Waals surface area contributed by atoms with E-state index in [1.54, 1.807) is 24.3 Å². The highest BCUT2D eigenvalue weighted by Gasteiger charge is 2.34. The Labute approximate surface area is 176 Å². The maximum atomic E-state index is 13.0. The topological polar surface area (TPSA) is 64.6 Å². The second-order valence-electron chi connectivity index (χ2n) is 6.02. The van der Waals surface area contributed by atoms with Gasteiger partial charge in [0.25, 0.3) is 10.0 Å². The summed E-state index contributed by atoms with van der Waals surface area (Å²) in [7, 11) is -2.76. The van der Waals surface area contributed by atoms with Crippen molar-refractivity contribution in [2.45, 2.75) is 11.1 Å². The van der Waals surface area contributed by atoms with Crippen LogP contribution in [0.2, 0.25) is 5.02 Å². The normalized spacial score (nSPS) is 11.8. The van der Waals surface area contributed by atoms with Gasteiger partial charge in [-0.05, 0) is 54.6 Å². The summed E-state index contributed by atoms with van der Waals surface area (Å²) in [6.45, 7) is 0. The van der Waals surface area contributed by atoms with Crippen molar-refractivity contribution in [3.63, 3.8) is 0 Å². The number of ether oxygens (including phenoxy) is 2. The van der Waals surface area contributed by atoms with Crippen molar-refractivity contribution >= 4 is 27.3 Å². The summed E-state index contributed by atoms with van der Waals surface area (Å²) in [5.74, 6) is 1.40. The molecule has 0 radical (unpaired) electrons. The van der Waals surface area contributed by atoms with Gasteiger partial charge >= 0.3 is 6.18 Å². The molecule has 0 bridgehead atoms. The Morgan fingerprint density at radius 1 is 0.933 bits per heavy atom. The van der Waals surface area contributed by atoms with Crippen LogP contribution in [0.1, 0.15) is 5.56 Å². The Bertz CT molecular complexity index is 1150. The maximum absolute atomic E-state index is 13.0. The number of hydrogen-bond acceptors (Lipinski definition) is 4. The summed E-state index contributed by atoms with van der Waals surface area (Å²) < 4.78 is 77.1. The highest BCUT2D eigenvalue weighted by molar-refractivity contribution is 7.92. The number of para-hydroxylation sites is 2. The van der Waals surface area contributed by atoms with E-state index in [9.17, 15) is 21.6 Å². The monoisotopic (exact) mass is 457 g/mol. The molecule has 5 nitrogen and oxygen atoms in total. The number of rotatable bonds is 6. The fraction of sp³-hybridized carbons (Fsp3) is 0.100. The van der Waals surface area contributed by atoms with Gasteiger partial charge in [-0.2, -0.15) is 13.2 Å². The van der Waals surface area contributed by atoms with Gasteiger partial charge < -0.3 is 9.47 Å². The van der Waals surface area contributed by atoms with E-state index in [2.05, 4.69) is 4.72 Å². The largest absolute Gasteiger partial charge is 0.493 e. The van der Waals surface area contributed by atoms with Gasteiger partial charge in [0.15, 0.2) is 11.5 Å². The minimum absolute atomic E-state index is 0.144. The second kappa shape index (κ2) is 8.45. The Hall–Kier alpha value is -2.91. The predicted molar refractivity (Wildman–Crippen MR) is 107 cm³/mol. The number of anilines is 1. The number of benzene rings is 3. The van der Waals surface area contributed by atoms with Crippen LogP contribution in [0.5, 0.6) is 17.2 Å². The Morgan fingerprint density at radius 3 is 2.17 bits per heavy atom. The third-order valence-corrected chi connectivity index (χ3v) is 5.67. The lowest BCUT2D eigenvalue weighted by molar-refractivity contribution is -0.137. The molecule has 0 aliphatic rings. The maximum Gasteiger partial charge on any atom is 0.417 e. The number of nitrogens with one attached hydrogen (secondary N) is 1. The summed E-state index contributed by atoms with van der Waals surface area (Å²) in [5.41, 5.74) is -1.08. The van der Waals surface area contributed by atoms with Gasteiger partial charge in [0.2, 0.25) is 0 Å². The lowest BCUT2D eigenvalue weighted by atomic mass is 10.2. The minimum atomic E-state index is -4.78. The van der Waals surface area contributed by atoms with Gasteiger partial charge in [-0.15, -0.1) is 0 Å². The van der Waals surface area contributed by atoms with E-state index in [4.69, 9.17) is 21.1 Å². The van der Waals surface area contributed by atoms with Crippen molar-refractivity contribution in [2.24, 2.45) is 0 Å². The quantitative estimate of drug-likeness (QED) is 0.496. The molecular formula is C20H15ClF3NO4S. The van der Waals surface area contributed by atoms with E-state index in [-0.39, 0.29) is 5.69 Å². The lowest BCUT2D eigenvalue weighted by Gasteiger charge is -2.13. The van der Waals surface area contributed by atoms with Crippen LogP contribution in [0.3, 0.4) is 0 Å². The molecule has 0 fully saturated rings. The molecule has 0 heterocycles. The van der Waals surface area contributed by atoms with E-state index < -0.39 is 31.7 Å². The molecular weight excluding hydrogens is 443 g/mol. The van der Waals surface area contributed by atoms with E-state index in [1.807, 2.05) is 0 Å². The minimum Gasteiger partial charge on any atom is -0.493 e. The molecule has 0 atom stereocenters. The Balaban J connectivity index is 1.79. The number of hydrogen-bond donors (Lipinski definition) is 1. The van der Waals surface area contributed by atoms with Gasteiger partial charge in [0, 0.05) is 5.69 Å². The van der Waals surface area contributed by atoms with Gasteiger partial charge in [0.1, 0.15) is 5.75 Å². The van der Waals surface area contributed by atoms with Crippen LogP contribution < -0.4 is 14.2 Å². The summed E-state index contributed by atoms with van der Waals surface area (Å²) >= 11 is 5.54. The number of sulfonamides is 1. The van der Waals surface area contributed by atoms with E-state index in [0.29, 0.717) is 23.3 Å². The number of methoxy groups -OCH3 is 1. The standard InChI is InChI=1S/C20H15ClF3NO4S/c1-28-18-4-2-3-5-19(18)29-14-8-6-13(7-9-14)25-30(26,27)15-10-11-17(21)16(12-15)20(22,23)24/h2-12,25H,1H3. The molecule has 0 aromatic heterocycles. The van der Waals surface area contributed by atoms with Crippen molar-refractivity contribution < 1.29 is 31.1 Å². The molecule has 0 unspecified atom stereocenters. The zero-order valence-electron chi connectivity index (χ0n) is 15.4. The van der Waals surface area contributed by atoms with Crippen LogP contribution in [-0.4, -0.2) is 15.5 Å². The van der Waals surface area contributed by atoms with Gasteiger partial charge in [-0.3, -0.25) is 4.72 Å². The third-order valence-electron chi connectivity index (χ3n) is 3.96. The zero-order chi connectivity index (χ0) is 21.9. The average molecular weight is 458 g/mol. The van der Waals surface area contributed by atoms with Crippen LogP contribution in [0.25, 0.3) is 0 Å². The first-order valence-corrected chi connectivity index (χ1v) is 10.3. The second-order valence-corrected chi connectivity index (χ2v) is 8.11. The lowest BCUT2D eigenvalue weighted by Crippen LogP contribution is -2.15. The number of halogens is 4. The predicted octanol–water partition coefficient (Wildman–Crippen LogP) is 5.96. The van der Waals surface area contributed by atoms with Crippen LogP contribution in [0, 0.1) is 0 Å². The molecule has 0 amide bonds. The van der Waals surface area contributed by atoms with Crippen LogP contribution in [0.15, 0.2) is 71.6 Å². The SMILES string of the molecule is COc1ccccc1Oc1ccc(NS(=O)(=O)c2ccc(Cl)c(C(F)(F)F)c2)cc1. The molecule has 3 aromatic carbocycles. The van der Waals surface area contributed by atoms with Crippen molar-refractivity contribution in [1.29, 1.82) is 0 Å². The fourth-order valence-electron chi connectivity index (χ4n) is 2.52. The summed E-state index contributed by atoms with van der Waals surface area (Å²) in [6.07, 6.45) is -4.78. The number of alkyl halides is 3. The fourth-order valence-corrected chi connectivity index (χ4v) is 3.83. The molecule has 0 aliphatic heterocycles. The Morgan fingerprint density at radius 2 is 1.57 bits per heavy atom. The molecule has 3 aromatic rings. The van der Waals surface area contributed by atoms with Gasteiger partial charge in [-0.25, -0.2) is 8.42 Å². The van der Waals surface area contributed by atoms with E-state index in [0.717, 1.165) is 12.1 Å². The molecule has 0 aliphatic carbocycles. The highest BCUT2D eigenvalue weighted by atomic mass is 35.5.